The van der Waals surface area contributed by atoms with E-state index in [2.05, 4.69) is 25.9 Å². The van der Waals surface area contributed by atoms with Crippen molar-refractivity contribution in [1.29, 1.82) is 0 Å². The molecule has 0 unspecified atom stereocenters. The number of anilines is 1. The number of nitrogens with two attached hydrogens (primary N) is 1. The third kappa shape index (κ3) is 3.51. The minimum Gasteiger partial charge on any atom is -0.421 e. The molecule has 1 saturated carbocycles. The number of hydrogen-bond acceptors (Lipinski definition) is 4. The SMILES string of the molecule is Nc1cc(Cl)c(Oc2ncc(Br)c(C3CC(F)(F)C3)n2)c(Cl)c1. The molecule has 2 N–H and O–H groups in total. The van der Waals surface area contributed by atoms with Crippen LogP contribution < -0.4 is 10.5 Å². The van der Waals surface area contributed by atoms with E-state index in [9.17, 15) is 8.78 Å². The summed E-state index contributed by atoms with van der Waals surface area (Å²) in [7, 11) is 0. The molecule has 122 valence electrons. The number of halogens is 5. The molecule has 0 aliphatic heterocycles. The number of alkyl halides is 2. The predicted molar refractivity (Wildman–Crippen MR) is 87.6 cm³/mol. The molecular formula is C14H10BrCl2F2N3O. The highest BCUT2D eigenvalue weighted by molar-refractivity contribution is 9.10. The van der Waals surface area contributed by atoms with Crippen molar-refractivity contribution < 1.29 is 13.5 Å². The summed E-state index contributed by atoms with van der Waals surface area (Å²) < 4.78 is 32.2. The van der Waals surface area contributed by atoms with Gasteiger partial charge in [0.25, 0.3) is 0 Å². The maximum atomic E-state index is 13.1. The van der Waals surface area contributed by atoms with E-state index in [1.165, 1.54) is 18.3 Å². The molecule has 0 radical (unpaired) electrons. The van der Waals surface area contributed by atoms with Crippen LogP contribution in [0.2, 0.25) is 10.0 Å². The monoisotopic (exact) mass is 423 g/mol. The third-order valence-corrected chi connectivity index (χ3v) is 4.61. The van der Waals surface area contributed by atoms with Crippen LogP contribution in [0.1, 0.15) is 24.5 Å². The fraction of sp³-hybridized carbons (Fsp3) is 0.286. The van der Waals surface area contributed by atoms with Gasteiger partial charge in [-0.3, -0.25) is 0 Å². The van der Waals surface area contributed by atoms with Crippen LogP contribution >= 0.6 is 39.1 Å². The molecule has 1 fully saturated rings. The van der Waals surface area contributed by atoms with E-state index in [1.54, 1.807) is 0 Å². The lowest BCUT2D eigenvalue weighted by Gasteiger charge is -2.34. The first kappa shape index (κ1) is 16.7. The topological polar surface area (TPSA) is 61.0 Å². The normalized spacial score (nSPS) is 16.9. The molecule has 1 aromatic carbocycles. The maximum Gasteiger partial charge on any atom is 0.322 e. The van der Waals surface area contributed by atoms with Crippen LogP contribution in [-0.4, -0.2) is 15.9 Å². The van der Waals surface area contributed by atoms with Gasteiger partial charge in [0, 0.05) is 30.6 Å². The largest absolute Gasteiger partial charge is 0.421 e. The quantitative estimate of drug-likeness (QED) is 0.667. The highest BCUT2D eigenvalue weighted by Gasteiger charge is 2.47. The molecule has 1 aliphatic carbocycles. The average molecular weight is 425 g/mol. The van der Waals surface area contributed by atoms with Gasteiger partial charge >= 0.3 is 6.01 Å². The minimum atomic E-state index is -2.64. The Hall–Kier alpha value is -1.18. The van der Waals surface area contributed by atoms with Crippen molar-refractivity contribution in [2.75, 3.05) is 5.73 Å². The second kappa shape index (κ2) is 6.03. The van der Waals surface area contributed by atoms with Gasteiger partial charge in [-0.2, -0.15) is 4.98 Å². The Morgan fingerprint density at radius 1 is 1.26 bits per heavy atom. The Morgan fingerprint density at radius 2 is 1.87 bits per heavy atom. The van der Waals surface area contributed by atoms with Gasteiger partial charge in [-0.1, -0.05) is 23.2 Å². The average Bonchev–Trinajstić information content (AvgIpc) is 2.42. The lowest BCUT2D eigenvalue weighted by atomic mass is 9.79. The first-order chi connectivity index (χ1) is 10.7. The van der Waals surface area contributed by atoms with Crippen molar-refractivity contribution >= 4 is 44.8 Å². The highest BCUT2D eigenvalue weighted by Crippen LogP contribution is 2.49. The number of aromatic nitrogens is 2. The number of rotatable bonds is 3. The lowest BCUT2D eigenvalue weighted by molar-refractivity contribution is -0.0878. The Balaban J connectivity index is 1.88. The number of nitrogens with zero attached hydrogens (tertiary/aromatic N) is 2. The first-order valence-electron chi connectivity index (χ1n) is 6.58. The summed E-state index contributed by atoms with van der Waals surface area (Å²) in [5.41, 5.74) is 6.49. The van der Waals surface area contributed by atoms with Gasteiger partial charge in [-0.15, -0.1) is 0 Å². The van der Waals surface area contributed by atoms with Gasteiger partial charge in [-0.25, -0.2) is 13.8 Å². The molecule has 0 atom stereocenters. The first-order valence-corrected chi connectivity index (χ1v) is 8.13. The van der Waals surface area contributed by atoms with Crippen molar-refractivity contribution in [2.45, 2.75) is 24.7 Å². The Kier molecular flexibility index (Phi) is 4.37. The summed E-state index contributed by atoms with van der Waals surface area (Å²) in [6.07, 6.45) is 0.962. The van der Waals surface area contributed by atoms with Gasteiger partial charge in [0.2, 0.25) is 5.92 Å². The number of nitrogen functional groups attached to an aromatic ring is 1. The van der Waals surface area contributed by atoms with E-state index in [0.717, 1.165) is 0 Å². The van der Waals surface area contributed by atoms with Crippen LogP contribution in [-0.2, 0) is 0 Å². The molecule has 0 bridgehead atoms. The van der Waals surface area contributed by atoms with Gasteiger partial charge in [0.15, 0.2) is 5.75 Å². The van der Waals surface area contributed by atoms with Gasteiger partial charge in [-0.05, 0) is 28.1 Å². The van der Waals surface area contributed by atoms with Gasteiger partial charge in [0.05, 0.1) is 20.2 Å². The van der Waals surface area contributed by atoms with Gasteiger partial charge < -0.3 is 10.5 Å². The summed E-state index contributed by atoms with van der Waals surface area (Å²) in [6.45, 7) is 0. The van der Waals surface area contributed by atoms with E-state index in [4.69, 9.17) is 33.7 Å². The zero-order valence-corrected chi connectivity index (χ0v) is 14.6. The number of benzene rings is 1. The lowest BCUT2D eigenvalue weighted by Crippen LogP contribution is -2.34. The summed E-state index contributed by atoms with van der Waals surface area (Å²) in [5, 5.41) is 0.413. The summed E-state index contributed by atoms with van der Waals surface area (Å²) >= 11 is 15.4. The summed E-state index contributed by atoms with van der Waals surface area (Å²) in [4.78, 5) is 8.20. The molecule has 0 spiro atoms. The molecule has 2 aromatic rings. The molecule has 1 aliphatic rings. The van der Waals surface area contributed by atoms with Crippen molar-refractivity contribution in [3.05, 3.63) is 38.5 Å². The van der Waals surface area contributed by atoms with Crippen molar-refractivity contribution in [1.82, 2.24) is 9.97 Å². The van der Waals surface area contributed by atoms with Gasteiger partial charge in [0.1, 0.15) is 0 Å². The second-order valence-electron chi connectivity index (χ2n) is 5.26. The molecule has 0 amide bonds. The van der Waals surface area contributed by atoms with Crippen LogP contribution in [0.5, 0.6) is 11.8 Å². The molecule has 1 aromatic heterocycles. The number of ether oxygens (including phenoxy) is 1. The van der Waals surface area contributed by atoms with E-state index in [1.807, 2.05) is 0 Å². The van der Waals surface area contributed by atoms with Crippen LogP contribution in [0.15, 0.2) is 22.8 Å². The second-order valence-corrected chi connectivity index (χ2v) is 6.93. The predicted octanol–water partition coefficient (Wildman–Crippen LogP) is 5.43. The molecule has 4 nitrogen and oxygen atoms in total. The molecule has 3 rings (SSSR count). The van der Waals surface area contributed by atoms with E-state index >= 15 is 0 Å². The van der Waals surface area contributed by atoms with E-state index < -0.39 is 5.92 Å². The fourth-order valence-corrected chi connectivity index (χ4v) is 3.42. The molecule has 0 saturated heterocycles. The van der Waals surface area contributed by atoms with Crippen molar-refractivity contribution in [3.63, 3.8) is 0 Å². The van der Waals surface area contributed by atoms with Crippen LogP contribution in [0, 0.1) is 0 Å². The Labute approximate surface area is 149 Å². The van der Waals surface area contributed by atoms with Crippen molar-refractivity contribution in [2.24, 2.45) is 0 Å². The minimum absolute atomic E-state index is 0.0213. The standard InChI is InChI=1S/C14H10BrCl2F2N3O/c15-8-5-21-13(22-11(8)6-3-14(18,19)4-6)23-12-9(16)1-7(20)2-10(12)17/h1-2,5-6H,3-4,20H2. The van der Waals surface area contributed by atoms with Crippen molar-refractivity contribution in [3.8, 4) is 11.8 Å². The third-order valence-electron chi connectivity index (χ3n) is 3.44. The zero-order valence-electron chi connectivity index (χ0n) is 11.5. The molecular weight excluding hydrogens is 415 g/mol. The Bertz CT molecular complexity index is 745. The molecule has 1 heterocycles. The number of hydrogen-bond donors (Lipinski definition) is 1. The summed E-state index contributed by atoms with van der Waals surface area (Å²) in [5.74, 6) is -2.82. The highest BCUT2D eigenvalue weighted by atomic mass is 79.9. The Morgan fingerprint density at radius 3 is 2.43 bits per heavy atom. The molecule has 9 heteroatoms. The van der Waals surface area contributed by atoms with E-state index in [0.29, 0.717) is 15.9 Å². The van der Waals surface area contributed by atoms with Crippen LogP contribution in [0.4, 0.5) is 14.5 Å². The van der Waals surface area contributed by atoms with Crippen LogP contribution in [0.25, 0.3) is 0 Å². The van der Waals surface area contributed by atoms with E-state index in [-0.39, 0.29) is 40.6 Å². The molecule has 23 heavy (non-hydrogen) atoms. The zero-order chi connectivity index (χ0) is 16.8. The fourth-order valence-electron chi connectivity index (χ4n) is 2.32. The van der Waals surface area contributed by atoms with Crippen LogP contribution in [0.3, 0.4) is 0 Å². The smallest absolute Gasteiger partial charge is 0.322 e. The summed E-state index contributed by atoms with van der Waals surface area (Å²) in [6, 6.07) is 2.94. The maximum absolute atomic E-state index is 13.1.